The molecule has 178 valence electrons. The van der Waals surface area contributed by atoms with Crippen molar-refractivity contribution in [1.82, 2.24) is 4.90 Å². The molecule has 0 bridgehead atoms. The number of aromatic carboxylic acids is 1. The molecule has 4 rings (SSSR count). The summed E-state index contributed by atoms with van der Waals surface area (Å²) in [4.78, 5) is 49.9. The second-order valence-corrected chi connectivity index (χ2v) is 8.32. The third-order valence-electron chi connectivity index (χ3n) is 4.95. The SMILES string of the molecule is CCOc1ccc(NC(=O)CN2C(=O)S/C(=C\c3ccc(-c4ccccc4C(=O)O)o3)C2=O)cc1. The van der Waals surface area contributed by atoms with E-state index >= 15 is 0 Å². The van der Waals surface area contributed by atoms with Gasteiger partial charge in [0.1, 0.15) is 23.8 Å². The number of anilines is 1. The van der Waals surface area contributed by atoms with E-state index in [1.165, 1.54) is 12.1 Å². The maximum Gasteiger partial charge on any atom is 0.336 e. The molecule has 1 aliphatic rings. The van der Waals surface area contributed by atoms with E-state index in [4.69, 9.17) is 9.15 Å². The summed E-state index contributed by atoms with van der Waals surface area (Å²) in [5, 5.41) is 11.4. The van der Waals surface area contributed by atoms with Gasteiger partial charge in [-0.25, -0.2) is 4.79 Å². The van der Waals surface area contributed by atoms with E-state index < -0.39 is 29.6 Å². The fourth-order valence-electron chi connectivity index (χ4n) is 3.37. The van der Waals surface area contributed by atoms with Gasteiger partial charge in [0.25, 0.3) is 11.1 Å². The summed E-state index contributed by atoms with van der Waals surface area (Å²) in [6, 6.07) is 16.3. The highest BCUT2D eigenvalue weighted by atomic mass is 32.2. The van der Waals surface area contributed by atoms with E-state index in [9.17, 15) is 24.3 Å². The Balaban J connectivity index is 1.44. The van der Waals surface area contributed by atoms with Crippen LogP contribution in [0.4, 0.5) is 10.5 Å². The van der Waals surface area contributed by atoms with Gasteiger partial charge in [0, 0.05) is 17.3 Å². The Morgan fingerprint density at radius 1 is 1.09 bits per heavy atom. The first-order valence-corrected chi connectivity index (χ1v) is 11.4. The molecule has 0 saturated carbocycles. The standard InChI is InChI=1S/C25H20N2O7S/c1-2-33-16-9-7-15(8-10-16)26-22(28)14-27-23(29)21(35-25(27)32)13-17-11-12-20(34-17)18-5-3-4-6-19(18)24(30)31/h3-13H,2,14H2,1H3,(H,26,28)(H,30,31)/b21-13-. The van der Waals surface area contributed by atoms with E-state index in [-0.39, 0.29) is 16.2 Å². The lowest BCUT2D eigenvalue weighted by Crippen LogP contribution is -2.36. The van der Waals surface area contributed by atoms with Crippen LogP contribution < -0.4 is 10.1 Å². The Bertz CT molecular complexity index is 1330. The average Bonchev–Trinajstić information content (AvgIpc) is 3.41. The van der Waals surface area contributed by atoms with Crippen LogP contribution in [0.3, 0.4) is 0 Å². The molecule has 2 heterocycles. The van der Waals surface area contributed by atoms with E-state index in [1.54, 1.807) is 54.6 Å². The molecule has 1 aliphatic heterocycles. The lowest BCUT2D eigenvalue weighted by molar-refractivity contribution is -0.127. The summed E-state index contributed by atoms with van der Waals surface area (Å²) in [5.41, 5.74) is 0.969. The number of carbonyl (C=O) groups is 4. The minimum absolute atomic E-state index is 0.0762. The zero-order valence-electron chi connectivity index (χ0n) is 18.5. The predicted octanol–water partition coefficient (Wildman–Crippen LogP) is 4.72. The molecule has 0 unspecified atom stereocenters. The van der Waals surface area contributed by atoms with E-state index in [0.29, 0.717) is 41.1 Å². The van der Waals surface area contributed by atoms with E-state index in [1.807, 2.05) is 6.92 Å². The fraction of sp³-hybridized carbons (Fsp3) is 0.120. The molecule has 35 heavy (non-hydrogen) atoms. The summed E-state index contributed by atoms with van der Waals surface area (Å²) in [6.07, 6.45) is 1.39. The highest BCUT2D eigenvalue weighted by Gasteiger charge is 2.36. The van der Waals surface area contributed by atoms with Gasteiger partial charge in [-0.05, 0) is 61.2 Å². The number of carboxylic acids is 1. The summed E-state index contributed by atoms with van der Waals surface area (Å²) < 4.78 is 11.1. The van der Waals surface area contributed by atoms with Crippen LogP contribution in [-0.2, 0) is 9.59 Å². The third kappa shape index (κ3) is 5.44. The van der Waals surface area contributed by atoms with E-state index in [0.717, 1.165) is 4.90 Å². The Hall–Kier alpha value is -4.31. The molecule has 10 heteroatoms. The van der Waals surface area contributed by atoms with Crippen LogP contribution in [0.25, 0.3) is 17.4 Å². The summed E-state index contributed by atoms with van der Waals surface area (Å²) in [6.45, 7) is 1.95. The molecule has 1 aromatic heterocycles. The summed E-state index contributed by atoms with van der Waals surface area (Å²) in [5.74, 6) is -1.00. The van der Waals surface area contributed by atoms with Crippen LogP contribution >= 0.6 is 11.8 Å². The van der Waals surface area contributed by atoms with Crippen LogP contribution in [0.5, 0.6) is 5.75 Å². The maximum absolute atomic E-state index is 12.7. The number of furan rings is 1. The third-order valence-corrected chi connectivity index (χ3v) is 5.85. The zero-order chi connectivity index (χ0) is 24.9. The van der Waals surface area contributed by atoms with Crippen LogP contribution in [0.1, 0.15) is 23.0 Å². The van der Waals surface area contributed by atoms with Gasteiger partial charge in [0.15, 0.2) is 0 Å². The number of amides is 3. The van der Waals surface area contributed by atoms with Crippen molar-refractivity contribution in [2.24, 2.45) is 0 Å². The highest BCUT2D eigenvalue weighted by molar-refractivity contribution is 8.18. The zero-order valence-corrected chi connectivity index (χ0v) is 19.3. The molecule has 2 N–H and O–H groups in total. The number of thioether (sulfide) groups is 1. The molecular weight excluding hydrogens is 472 g/mol. The van der Waals surface area contributed by atoms with E-state index in [2.05, 4.69) is 5.32 Å². The molecule has 2 aromatic carbocycles. The van der Waals surface area contributed by atoms with Gasteiger partial charge in [-0.3, -0.25) is 19.3 Å². The van der Waals surface area contributed by atoms with Crippen LogP contribution in [0.2, 0.25) is 0 Å². The quantitative estimate of drug-likeness (QED) is 0.433. The van der Waals surface area contributed by atoms with Gasteiger partial charge in [-0.2, -0.15) is 0 Å². The Labute approximate surface area is 204 Å². The number of hydrogen-bond acceptors (Lipinski definition) is 7. The molecule has 1 fully saturated rings. The molecule has 9 nitrogen and oxygen atoms in total. The van der Waals surface area contributed by atoms with Gasteiger partial charge >= 0.3 is 5.97 Å². The van der Waals surface area contributed by atoms with Crippen molar-refractivity contribution in [2.45, 2.75) is 6.92 Å². The van der Waals surface area contributed by atoms with Crippen molar-refractivity contribution in [3.63, 3.8) is 0 Å². The van der Waals surface area contributed by atoms with Crippen molar-refractivity contribution < 1.29 is 33.4 Å². The topological polar surface area (TPSA) is 126 Å². The van der Waals surface area contributed by atoms with Crippen molar-refractivity contribution in [1.29, 1.82) is 0 Å². The maximum atomic E-state index is 12.7. The first-order chi connectivity index (χ1) is 16.9. The number of carbonyl (C=O) groups excluding carboxylic acids is 3. The summed E-state index contributed by atoms with van der Waals surface area (Å²) in [7, 11) is 0. The Morgan fingerprint density at radius 2 is 1.83 bits per heavy atom. The molecule has 0 atom stereocenters. The molecule has 1 saturated heterocycles. The molecule has 0 radical (unpaired) electrons. The molecule has 0 spiro atoms. The number of rotatable bonds is 8. The molecule has 3 amide bonds. The largest absolute Gasteiger partial charge is 0.494 e. The van der Waals surface area contributed by atoms with Gasteiger partial charge in [-0.15, -0.1) is 0 Å². The number of nitrogens with zero attached hydrogens (tertiary/aromatic N) is 1. The molecule has 3 aromatic rings. The normalized spacial score (nSPS) is 14.4. The van der Waals surface area contributed by atoms with Gasteiger partial charge in [0.05, 0.1) is 17.1 Å². The second-order valence-electron chi connectivity index (χ2n) is 7.33. The molecular formula is C25H20N2O7S. The lowest BCUT2D eigenvalue weighted by Gasteiger charge is -2.12. The Kier molecular flexibility index (Phi) is 7.02. The number of carboxylic acid groups (broad SMARTS) is 1. The number of benzene rings is 2. The average molecular weight is 493 g/mol. The van der Waals surface area contributed by atoms with Crippen LogP contribution in [0, 0.1) is 0 Å². The first kappa shape index (κ1) is 23.8. The monoisotopic (exact) mass is 492 g/mol. The highest BCUT2D eigenvalue weighted by Crippen LogP contribution is 2.34. The first-order valence-electron chi connectivity index (χ1n) is 10.6. The number of hydrogen-bond donors (Lipinski definition) is 2. The van der Waals surface area contributed by atoms with Gasteiger partial charge in [0.2, 0.25) is 5.91 Å². The second kappa shape index (κ2) is 10.3. The van der Waals surface area contributed by atoms with Crippen molar-refractivity contribution in [3.05, 3.63) is 76.9 Å². The number of ether oxygens (including phenoxy) is 1. The van der Waals surface area contributed by atoms with Crippen molar-refractivity contribution in [3.8, 4) is 17.1 Å². The summed E-state index contributed by atoms with van der Waals surface area (Å²) >= 11 is 0.693. The van der Waals surface area contributed by atoms with Crippen LogP contribution in [0.15, 0.2) is 70.0 Å². The number of imide groups is 1. The minimum atomic E-state index is -1.09. The lowest BCUT2D eigenvalue weighted by atomic mass is 10.1. The van der Waals surface area contributed by atoms with Crippen LogP contribution in [-0.4, -0.2) is 46.2 Å². The fourth-order valence-corrected chi connectivity index (χ4v) is 4.19. The van der Waals surface area contributed by atoms with Crippen molar-refractivity contribution >= 4 is 46.5 Å². The van der Waals surface area contributed by atoms with Crippen molar-refractivity contribution in [2.75, 3.05) is 18.5 Å². The molecule has 0 aliphatic carbocycles. The number of nitrogens with one attached hydrogen (secondary N) is 1. The van der Waals surface area contributed by atoms with Gasteiger partial charge < -0.3 is 19.6 Å². The predicted molar refractivity (Wildman–Crippen MR) is 130 cm³/mol. The smallest absolute Gasteiger partial charge is 0.336 e. The van der Waals surface area contributed by atoms with Gasteiger partial charge in [-0.1, -0.05) is 18.2 Å². The Morgan fingerprint density at radius 3 is 2.54 bits per heavy atom. The minimum Gasteiger partial charge on any atom is -0.494 e.